The molecule has 1 aromatic rings. The van der Waals surface area contributed by atoms with Gasteiger partial charge in [-0.3, -0.25) is 14.6 Å². The zero-order chi connectivity index (χ0) is 16.8. The van der Waals surface area contributed by atoms with Gasteiger partial charge in [-0.05, 0) is 30.5 Å². The Kier molecular flexibility index (Phi) is 6.52. The number of nitrogens with zero attached hydrogens (tertiary/aromatic N) is 2. The minimum Gasteiger partial charge on any atom is -0.352 e. The summed E-state index contributed by atoms with van der Waals surface area (Å²) in [6.45, 7) is 5.40. The molecule has 2 fully saturated rings. The smallest absolute Gasteiger partial charge is 0.234 e. The van der Waals surface area contributed by atoms with Crippen molar-refractivity contribution in [2.75, 3.05) is 32.7 Å². The third kappa shape index (κ3) is 5.47. The molecule has 1 amide bonds. The van der Waals surface area contributed by atoms with E-state index in [9.17, 15) is 4.79 Å². The molecule has 3 rings (SSSR count). The van der Waals surface area contributed by atoms with Gasteiger partial charge in [0, 0.05) is 43.8 Å². The Morgan fingerprint density at radius 3 is 2.50 bits per heavy atom. The summed E-state index contributed by atoms with van der Waals surface area (Å²) in [5.41, 5.74) is 1.26. The van der Waals surface area contributed by atoms with Crippen molar-refractivity contribution < 1.29 is 4.79 Å². The van der Waals surface area contributed by atoms with E-state index in [-0.39, 0.29) is 5.91 Å². The Balaban J connectivity index is 1.37. The van der Waals surface area contributed by atoms with Crippen LogP contribution < -0.4 is 5.32 Å². The van der Waals surface area contributed by atoms with E-state index in [0.29, 0.717) is 12.6 Å². The van der Waals surface area contributed by atoms with Crippen molar-refractivity contribution in [2.24, 2.45) is 0 Å². The van der Waals surface area contributed by atoms with E-state index in [1.54, 1.807) is 0 Å². The summed E-state index contributed by atoms with van der Waals surface area (Å²) in [5.74, 6) is 0.199. The van der Waals surface area contributed by atoms with E-state index in [1.165, 1.54) is 24.8 Å². The van der Waals surface area contributed by atoms with Crippen LogP contribution in [0.15, 0.2) is 24.3 Å². The molecule has 0 spiro atoms. The molecule has 132 valence electrons. The van der Waals surface area contributed by atoms with Crippen LogP contribution in [-0.4, -0.2) is 54.5 Å². The Bertz CT molecular complexity index is 537. The molecule has 1 N–H and O–H groups in total. The lowest BCUT2D eigenvalue weighted by atomic mass is 9.95. The van der Waals surface area contributed by atoms with E-state index in [4.69, 9.17) is 11.6 Å². The van der Waals surface area contributed by atoms with Crippen LogP contribution in [0.4, 0.5) is 0 Å². The van der Waals surface area contributed by atoms with Gasteiger partial charge in [-0.15, -0.1) is 0 Å². The highest BCUT2D eigenvalue weighted by Gasteiger charge is 2.21. The first kappa shape index (κ1) is 17.7. The highest BCUT2D eigenvalue weighted by Crippen LogP contribution is 2.17. The summed E-state index contributed by atoms with van der Waals surface area (Å²) in [7, 11) is 0. The van der Waals surface area contributed by atoms with Crippen LogP contribution in [0, 0.1) is 0 Å². The van der Waals surface area contributed by atoms with E-state index >= 15 is 0 Å². The van der Waals surface area contributed by atoms with Crippen molar-refractivity contribution in [3.8, 4) is 0 Å². The largest absolute Gasteiger partial charge is 0.352 e. The van der Waals surface area contributed by atoms with Gasteiger partial charge in [0.15, 0.2) is 0 Å². The lowest BCUT2D eigenvalue weighted by molar-refractivity contribution is -0.123. The molecule has 1 saturated carbocycles. The van der Waals surface area contributed by atoms with Crippen LogP contribution in [0.1, 0.15) is 37.7 Å². The number of piperazine rings is 1. The monoisotopic (exact) mass is 349 g/mol. The molecule has 5 heteroatoms. The summed E-state index contributed by atoms with van der Waals surface area (Å²) in [6, 6.07) is 8.48. The van der Waals surface area contributed by atoms with Gasteiger partial charge in [0.1, 0.15) is 0 Å². The quantitative estimate of drug-likeness (QED) is 0.887. The molecule has 1 aromatic carbocycles. The first-order chi connectivity index (χ1) is 11.7. The Labute approximate surface area is 150 Å². The van der Waals surface area contributed by atoms with Gasteiger partial charge in [-0.2, -0.15) is 0 Å². The average molecular weight is 350 g/mol. The van der Waals surface area contributed by atoms with Crippen LogP contribution in [0.2, 0.25) is 5.02 Å². The van der Waals surface area contributed by atoms with Gasteiger partial charge in [0.05, 0.1) is 6.54 Å². The van der Waals surface area contributed by atoms with E-state index < -0.39 is 0 Å². The topological polar surface area (TPSA) is 35.6 Å². The first-order valence-electron chi connectivity index (χ1n) is 9.17. The summed E-state index contributed by atoms with van der Waals surface area (Å²) >= 11 is 6.05. The van der Waals surface area contributed by atoms with Gasteiger partial charge in [0.2, 0.25) is 5.91 Å². The molecule has 2 aliphatic rings. The molecule has 0 radical (unpaired) electrons. The molecule has 24 heavy (non-hydrogen) atoms. The number of hydrogen-bond acceptors (Lipinski definition) is 3. The number of nitrogens with one attached hydrogen (secondary N) is 1. The number of carbonyl (C=O) groups is 1. The van der Waals surface area contributed by atoms with Crippen LogP contribution >= 0.6 is 11.6 Å². The third-order valence-corrected chi connectivity index (χ3v) is 5.33. The molecule has 0 bridgehead atoms. The fourth-order valence-electron chi connectivity index (χ4n) is 3.72. The predicted molar refractivity (Wildman–Crippen MR) is 98.2 cm³/mol. The zero-order valence-electron chi connectivity index (χ0n) is 14.3. The minimum atomic E-state index is 0.199. The predicted octanol–water partition coefficient (Wildman–Crippen LogP) is 2.91. The molecule has 0 aromatic heterocycles. The summed E-state index contributed by atoms with van der Waals surface area (Å²) in [6.07, 6.45) is 6.14. The average Bonchev–Trinajstić information content (AvgIpc) is 2.57. The minimum absolute atomic E-state index is 0.199. The summed E-state index contributed by atoms with van der Waals surface area (Å²) in [5, 5.41) is 4.01. The second kappa shape index (κ2) is 8.84. The van der Waals surface area contributed by atoms with Crippen molar-refractivity contribution in [3.63, 3.8) is 0 Å². The van der Waals surface area contributed by atoms with Crippen molar-refractivity contribution in [1.29, 1.82) is 0 Å². The molecule has 1 saturated heterocycles. The van der Waals surface area contributed by atoms with Crippen molar-refractivity contribution in [1.82, 2.24) is 15.1 Å². The van der Waals surface area contributed by atoms with E-state index in [1.807, 2.05) is 18.2 Å². The van der Waals surface area contributed by atoms with Crippen molar-refractivity contribution >= 4 is 17.5 Å². The van der Waals surface area contributed by atoms with Crippen LogP contribution in [-0.2, 0) is 11.3 Å². The molecular formula is C19H28ClN3O. The van der Waals surface area contributed by atoms with Crippen LogP contribution in [0.5, 0.6) is 0 Å². The lowest BCUT2D eigenvalue weighted by Gasteiger charge is -2.34. The molecule has 1 aliphatic carbocycles. The number of benzene rings is 1. The summed E-state index contributed by atoms with van der Waals surface area (Å²) in [4.78, 5) is 16.9. The number of hydrogen-bond donors (Lipinski definition) is 1. The van der Waals surface area contributed by atoms with E-state index in [0.717, 1.165) is 50.6 Å². The van der Waals surface area contributed by atoms with Gasteiger partial charge >= 0.3 is 0 Å². The number of carbonyl (C=O) groups excluding carboxylic acids is 1. The molecular weight excluding hydrogens is 322 g/mol. The Morgan fingerprint density at radius 1 is 1.08 bits per heavy atom. The maximum Gasteiger partial charge on any atom is 0.234 e. The van der Waals surface area contributed by atoms with Crippen LogP contribution in [0.25, 0.3) is 0 Å². The van der Waals surface area contributed by atoms with Gasteiger partial charge in [0.25, 0.3) is 0 Å². The lowest BCUT2D eigenvalue weighted by Crippen LogP contribution is -2.50. The third-order valence-electron chi connectivity index (χ3n) is 5.10. The van der Waals surface area contributed by atoms with Gasteiger partial charge < -0.3 is 5.32 Å². The maximum absolute atomic E-state index is 12.2. The standard InChI is InChI=1S/C19H28ClN3O/c20-17-6-4-5-16(13-17)14-22-9-11-23(12-10-22)15-19(24)21-18-7-2-1-3-8-18/h4-6,13,18H,1-3,7-12,14-15H2,(H,21,24). The van der Waals surface area contributed by atoms with Gasteiger partial charge in [-0.25, -0.2) is 0 Å². The number of rotatable bonds is 5. The Morgan fingerprint density at radius 2 is 1.79 bits per heavy atom. The molecule has 4 nitrogen and oxygen atoms in total. The zero-order valence-corrected chi connectivity index (χ0v) is 15.1. The highest BCUT2D eigenvalue weighted by molar-refractivity contribution is 6.30. The highest BCUT2D eigenvalue weighted by atomic mass is 35.5. The fourth-order valence-corrected chi connectivity index (χ4v) is 3.94. The summed E-state index contributed by atoms with van der Waals surface area (Å²) < 4.78 is 0. The normalized spacial score (nSPS) is 20.9. The maximum atomic E-state index is 12.2. The van der Waals surface area contributed by atoms with Crippen molar-refractivity contribution in [2.45, 2.75) is 44.7 Å². The second-order valence-electron chi connectivity index (χ2n) is 7.08. The molecule has 1 heterocycles. The number of halogens is 1. The first-order valence-corrected chi connectivity index (χ1v) is 9.55. The van der Waals surface area contributed by atoms with E-state index in [2.05, 4.69) is 21.2 Å². The Hall–Kier alpha value is -1.10. The number of amides is 1. The fraction of sp³-hybridized carbons (Fsp3) is 0.632. The molecule has 1 aliphatic heterocycles. The van der Waals surface area contributed by atoms with Gasteiger partial charge in [-0.1, -0.05) is 43.0 Å². The van der Waals surface area contributed by atoms with Crippen LogP contribution in [0.3, 0.4) is 0 Å². The van der Waals surface area contributed by atoms with Crippen molar-refractivity contribution in [3.05, 3.63) is 34.9 Å². The SMILES string of the molecule is O=C(CN1CCN(Cc2cccc(Cl)c2)CC1)NC1CCCCC1. The molecule has 0 unspecified atom stereocenters. The molecule has 0 atom stereocenters. The second-order valence-corrected chi connectivity index (χ2v) is 7.52.